The van der Waals surface area contributed by atoms with Gasteiger partial charge < -0.3 is 14.4 Å². The fraction of sp³-hybridized carbons (Fsp3) is 0.364. The summed E-state index contributed by atoms with van der Waals surface area (Å²) in [5.74, 6) is 1.49. The number of para-hydroxylation sites is 1. The van der Waals surface area contributed by atoms with Crippen LogP contribution in [0, 0.1) is 0 Å². The average molecular weight is 428 g/mol. The van der Waals surface area contributed by atoms with E-state index < -0.39 is 6.04 Å². The highest BCUT2D eigenvalue weighted by molar-refractivity contribution is 8.00. The Hall–Kier alpha value is -2.71. The van der Waals surface area contributed by atoms with Crippen LogP contribution in [0.5, 0.6) is 11.5 Å². The predicted molar refractivity (Wildman–Crippen MR) is 117 cm³/mol. The number of carbonyl (C=O) groups is 2. The summed E-state index contributed by atoms with van der Waals surface area (Å²) in [5, 5.41) is 3.26. The highest BCUT2D eigenvalue weighted by atomic mass is 32.2. The molecule has 8 heteroatoms. The molecule has 7 nitrogen and oxygen atoms in total. The lowest BCUT2D eigenvalue weighted by Gasteiger charge is -2.31. The summed E-state index contributed by atoms with van der Waals surface area (Å²) < 4.78 is 10.9. The number of hydrazine groups is 1. The Balaban J connectivity index is 1.71. The molecule has 2 saturated heterocycles. The molecule has 3 atom stereocenters. The first-order valence-corrected chi connectivity index (χ1v) is 10.8. The van der Waals surface area contributed by atoms with Crippen LogP contribution in [-0.2, 0) is 9.59 Å². The van der Waals surface area contributed by atoms with E-state index in [1.165, 1.54) is 11.8 Å². The van der Waals surface area contributed by atoms with Crippen molar-refractivity contribution in [1.29, 1.82) is 0 Å². The van der Waals surface area contributed by atoms with Gasteiger partial charge in [0.1, 0.15) is 22.9 Å². The SMILES string of the molecule is COc1ccc([C@@H]2SCC(=O)N2[C@H]2C(=O)N(c3ccccc3)N(C)[C@H]2C)c(OC)c1. The van der Waals surface area contributed by atoms with Crippen LogP contribution in [0.4, 0.5) is 5.69 Å². The van der Waals surface area contributed by atoms with Crippen molar-refractivity contribution >= 4 is 29.3 Å². The van der Waals surface area contributed by atoms with Crippen molar-refractivity contribution in [2.24, 2.45) is 0 Å². The molecule has 0 saturated carbocycles. The number of thioether (sulfide) groups is 1. The van der Waals surface area contributed by atoms with E-state index in [0.29, 0.717) is 17.3 Å². The quantitative estimate of drug-likeness (QED) is 0.731. The molecule has 0 N–H and O–H groups in total. The Morgan fingerprint density at radius 3 is 2.43 bits per heavy atom. The van der Waals surface area contributed by atoms with E-state index in [4.69, 9.17) is 9.47 Å². The van der Waals surface area contributed by atoms with Crippen molar-refractivity contribution in [3.8, 4) is 11.5 Å². The molecule has 2 fully saturated rings. The van der Waals surface area contributed by atoms with Gasteiger partial charge in [0.2, 0.25) is 5.91 Å². The molecule has 0 unspecified atom stereocenters. The number of hydrogen-bond acceptors (Lipinski definition) is 6. The molecular weight excluding hydrogens is 402 g/mol. The summed E-state index contributed by atoms with van der Waals surface area (Å²) in [6.45, 7) is 1.98. The van der Waals surface area contributed by atoms with Gasteiger partial charge in [-0.05, 0) is 31.2 Å². The summed E-state index contributed by atoms with van der Waals surface area (Å²) in [6.07, 6.45) is 0. The van der Waals surface area contributed by atoms with E-state index in [9.17, 15) is 9.59 Å². The minimum atomic E-state index is -0.588. The Morgan fingerprint density at radius 2 is 1.77 bits per heavy atom. The van der Waals surface area contributed by atoms with Gasteiger partial charge in [-0.3, -0.25) is 9.59 Å². The zero-order valence-corrected chi connectivity index (χ0v) is 18.3. The topological polar surface area (TPSA) is 62.3 Å². The van der Waals surface area contributed by atoms with E-state index in [1.807, 2.05) is 61.4 Å². The summed E-state index contributed by atoms with van der Waals surface area (Å²) in [6, 6.07) is 14.3. The van der Waals surface area contributed by atoms with Crippen molar-refractivity contribution in [1.82, 2.24) is 9.91 Å². The largest absolute Gasteiger partial charge is 0.497 e. The fourth-order valence-electron chi connectivity index (χ4n) is 4.10. The number of nitrogens with zero attached hydrogens (tertiary/aromatic N) is 3. The summed E-state index contributed by atoms with van der Waals surface area (Å²) in [7, 11) is 5.08. The zero-order valence-electron chi connectivity index (χ0n) is 17.4. The van der Waals surface area contributed by atoms with Crippen LogP contribution in [0.1, 0.15) is 17.9 Å². The van der Waals surface area contributed by atoms with Gasteiger partial charge in [0.15, 0.2) is 0 Å². The second kappa shape index (κ2) is 8.20. The molecule has 2 aliphatic heterocycles. The average Bonchev–Trinajstić information content (AvgIpc) is 3.24. The molecule has 0 bridgehead atoms. The van der Waals surface area contributed by atoms with Crippen LogP contribution < -0.4 is 14.5 Å². The Morgan fingerprint density at radius 1 is 1.03 bits per heavy atom. The van der Waals surface area contributed by atoms with Crippen molar-refractivity contribution in [2.45, 2.75) is 24.4 Å². The molecule has 0 spiro atoms. The molecule has 2 amide bonds. The molecule has 0 aromatic heterocycles. The van der Waals surface area contributed by atoms with Crippen LogP contribution >= 0.6 is 11.8 Å². The smallest absolute Gasteiger partial charge is 0.266 e. The maximum Gasteiger partial charge on any atom is 0.266 e. The van der Waals surface area contributed by atoms with Gasteiger partial charge >= 0.3 is 0 Å². The highest BCUT2D eigenvalue weighted by Crippen LogP contribution is 2.46. The third-order valence-electron chi connectivity index (χ3n) is 5.74. The molecule has 158 valence electrons. The number of anilines is 1. The fourth-order valence-corrected chi connectivity index (χ4v) is 5.34. The molecule has 2 heterocycles. The highest BCUT2D eigenvalue weighted by Gasteiger charge is 2.52. The van der Waals surface area contributed by atoms with Crippen LogP contribution in [0.2, 0.25) is 0 Å². The Bertz CT molecular complexity index is 955. The van der Waals surface area contributed by atoms with Crippen LogP contribution in [-0.4, -0.2) is 60.8 Å². The lowest BCUT2D eigenvalue weighted by Crippen LogP contribution is -2.47. The van der Waals surface area contributed by atoms with Crippen molar-refractivity contribution < 1.29 is 19.1 Å². The minimum Gasteiger partial charge on any atom is -0.497 e. The van der Waals surface area contributed by atoms with E-state index in [1.54, 1.807) is 30.2 Å². The van der Waals surface area contributed by atoms with Crippen LogP contribution in [0.15, 0.2) is 48.5 Å². The third-order valence-corrected chi connectivity index (χ3v) is 6.95. The number of hydrogen-bond donors (Lipinski definition) is 0. The number of benzene rings is 2. The van der Waals surface area contributed by atoms with Gasteiger partial charge in [-0.1, -0.05) is 18.2 Å². The molecular formula is C22H25N3O4S. The van der Waals surface area contributed by atoms with Crippen molar-refractivity contribution in [3.63, 3.8) is 0 Å². The normalized spacial score (nSPS) is 24.6. The van der Waals surface area contributed by atoms with E-state index in [2.05, 4.69) is 0 Å². The third kappa shape index (κ3) is 3.30. The zero-order chi connectivity index (χ0) is 21.4. The summed E-state index contributed by atoms with van der Waals surface area (Å²) in [5.41, 5.74) is 1.65. The molecule has 0 aliphatic carbocycles. The molecule has 30 heavy (non-hydrogen) atoms. The molecule has 2 aliphatic rings. The molecule has 4 rings (SSSR count). The second-order valence-electron chi connectivity index (χ2n) is 7.32. The van der Waals surface area contributed by atoms with E-state index in [-0.39, 0.29) is 23.2 Å². The number of rotatable bonds is 5. The number of amides is 2. The van der Waals surface area contributed by atoms with Gasteiger partial charge in [-0.2, -0.15) is 0 Å². The number of likely N-dealkylation sites (N-methyl/N-ethyl adjacent to an activating group) is 1. The van der Waals surface area contributed by atoms with E-state index in [0.717, 1.165) is 11.3 Å². The maximum absolute atomic E-state index is 13.5. The molecule has 2 aromatic rings. The van der Waals surface area contributed by atoms with E-state index >= 15 is 0 Å². The van der Waals surface area contributed by atoms with Gasteiger partial charge in [-0.15, -0.1) is 11.8 Å². The van der Waals surface area contributed by atoms with Gasteiger partial charge in [0.25, 0.3) is 5.91 Å². The predicted octanol–water partition coefficient (Wildman–Crippen LogP) is 2.93. The first-order valence-electron chi connectivity index (χ1n) is 9.74. The number of carbonyl (C=O) groups excluding carboxylic acids is 2. The first-order chi connectivity index (χ1) is 14.5. The summed E-state index contributed by atoms with van der Waals surface area (Å²) >= 11 is 1.51. The summed E-state index contributed by atoms with van der Waals surface area (Å²) in [4.78, 5) is 28.2. The van der Waals surface area contributed by atoms with Gasteiger partial charge in [0.05, 0.1) is 31.7 Å². The standard InChI is InChI=1S/C22H25N3O4S/c1-14-20(21(27)25(23(14)2)15-8-6-5-7-9-15)24-19(26)13-30-22(24)17-11-10-16(28-3)12-18(17)29-4/h5-12,14,20,22H,13H2,1-4H3/t14-,20+,22-/m0/s1. The Kier molecular flexibility index (Phi) is 5.62. The lowest BCUT2D eigenvalue weighted by molar-refractivity contribution is -0.136. The van der Waals surface area contributed by atoms with Crippen LogP contribution in [0.3, 0.4) is 0 Å². The molecule has 2 aromatic carbocycles. The van der Waals surface area contributed by atoms with Crippen LogP contribution in [0.25, 0.3) is 0 Å². The number of ether oxygens (including phenoxy) is 2. The monoisotopic (exact) mass is 427 g/mol. The maximum atomic E-state index is 13.5. The second-order valence-corrected chi connectivity index (χ2v) is 8.39. The Labute approximate surface area is 180 Å². The van der Waals surface area contributed by atoms with Crippen molar-refractivity contribution in [3.05, 3.63) is 54.1 Å². The number of methoxy groups -OCH3 is 2. The lowest BCUT2D eigenvalue weighted by atomic mass is 10.1. The van der Waals surface area contributed by atoms with Crippen molar-refractivity contribution in [2.75, 3.05) is 32.0 Å². The minimum absolute atomic E-state index is 0.0450. The first kappa shape index (κ1) is 20.6. The van der Waals surface area contributed by atoms with Gasteiger partial charge in [-0.25, -0.2) is 10.0 Å². The van der Waals surface area contributed by atoms with Gasteiger partial charge in [0, 0.05) is 18.7 Å². The molecule has 0 radical (unpaired) electrons.